The van der Waals surface area contributed by atoms with E-state index in [2.05, 4.69) is 24.3 Å². The maximum atomic E-state index is 8.35. The Labute approximate surface area is 71.2 Å². The third-order valence-corrected chi connectivity index (χ3v) is 1.83. The van der Waals surface area contributed by atoms with Crippen LogP contribution in [0.25, 0.3) is 0 Å². The van der Waals surface area contributed by atoms with Gasteiger partial charge >= 0.3 is 52.8 Å². The first-order valence-electron chi connectivity index (χ1n) is 2.63. The summed E-state index contributed by atoms with van der Waals surface area (Å²) in [7, 11) is -1.08. The Morgan fingerprint density at radius 3 is 1.90 bits per heavy atom. The minimum atomic E-state index is -1.08. The standard InChI is InChI=1S/C6H5.HO2P.Zn/c1-2-4-6-5-3-1;1-3-2;/h1-5H;(H,1,2);/q;;+1/p-1. The van der Waals surface area contributed by atoms with Gasteiger partial charge in [-0.1, -0.05) is 0 Å². The zero-order valence-corrected chi connectivity index (χ0v) is 9.22. The van der Waals surface area contributed by atoms with Crippen LogP contribution in [0.15, 0.2) is 30.3 Å². The van der Waals surface area contributed by atoms with Crippen LogP contribution in [0.4, 0.5) is 0 Å². The fourth-order valence-electron chi connectivity index (χ4n) is 0.478. The van der Waals surface area contributed by atoms with E-state index in [1.165, 1.54) is 22.5 Å². The predicted octanol–water partition coefficient (Wildman–Crippen LogP) is 0.412. The number of benzene rings is 1. The second kappa shape index (κ2) is 7.02. The third kappa shape index (κ3) is 6.03. The van der Waals surface area contributed by atoms with Crippen molar-refractivity contribution in [2.45, 2.75) is 0 Å². The second-order valence-electron chi connectivity index (χ2n) is 1.56. The Kier molecular flexibility index (Phi) is 6.95. The van der Waals surface area contributed by atoms with Crippen molar-refractivity contribution in [3.05, 3.63) is 30.3 Å². The molecular formula is C6H5O2PZn. The molecule has 0 aliphatic heterocycles. The molecule has 0 aromatic heterocycles. The molecule has 0 N–H and O–H groups in total. The van der Waals surface area contributed by atoms with Crippen LogP contribution in [0.5, 0.6) is 0 Å². The summed E-state index contributed by atoms with van der Waals surface area (Å²) in [4.78, 5) is 8.35. The molecule has 1 aromatic carbocycles. The third-order valence-electron chi connectivity index (χ3n) is 0.843. The van der Waals surface area contributed by atoms with Crippen molar-refractivity contribution in [1.29, 1.82) is 0 Å². The molecule has 0 radical (unpaired) electrons. The molecule has 4 heteroatoms. The van der Waals surface area contributed by atoms with Crippen molar-refractivity contribution in [3.63, 3.8) is 0 Å². The average molecular weight is 205 g/mol. The monoisotopic (exact) mass is 204 g/mol. The number of hydrogen-bond acceptors (Lipinski definition) is 2. The summed E-state index contributed by atoms with van der Waals surface area (Å²) in [5.74, 6) is 0. The molecule has 0 saturated carbocycles. The van der Waals surface area contributed by atoms with E-state index in [0.29, 0.717) is 0 Å². The van der Waals surface area contributed by atoms with Crippen LogP contribution in [-0.4, -0.2) is 0 Å². The zero-order chi connectivity index (χ0) is 7.82. The van der Waals surface area contributed by atoms with Crippen LogP contribution >= 0.6 is 8.69 Å². The number of hydrogen-bond donors (Lipinski definition) is 0. The van der Waals surface area contributed by atoms with Gasteiger partial charge in [0.2, 0.25) is 0 Å². The van der Waals surface area contributed by atoms with Crippen LogP contribution in [0.1, 0.15) is 0 Å². The van der Waals surface area contributed by atoms with Gasteiger partial charge in [-0.3, -0.25) is 4.57 Å². The van der Waals surface area contributed by atoms with E-state index >= 15 is 0 Å². The van der Waals surface area contributed by atoms with E-state index in [1.54, 1.807) is 0 Å². The van der Waals surface area contributed by atoms with E-state index in [4.69, 9.17) is 9.46 Å². The SMILES string of the molecule is O=P[O-].[Zn+][c]1ccccc1. The van der Waals surface area contributed by atoms with Crippen LogP contribution in [0, 0.1) is 0 Å². The Bertz CT molecular complexity index is 178. The van der Waals surface area contributed by atoms with Crippen molar-refractivity contribution < 1.29 is 27.8 Å². The predicted molar refractivity (Wildman–Crippen MR) is 33.7 cm³/mol. The van der Waals surface area contributed by atoms with Crippen LogP contribution in [0.3, 0.4) is 0 Å². The molecule has 0 saturated heterocycles. The molecule has 1 aromatic rings. The second-order valence-corrected chi connectivity index (χ2v) is 3.42. The van der Waals surface area contributed by atoms with Crippen molar-refractivity contribution in [3.8, 4) is 0 Å². The van der Waals surface area contributed by atoms with Gasteiger partial charge in [-0.25, -0.2) is 0 Å². The van der Waals surface area contributed by atoms with Crippen LogP contribution in [-0.2, 0) is 22.9 Å². The summed E-state index contributed by atoms with van der Waals surface area (Å²) >= 11 is 1.26. The van der Waals surface area contributed by atoms with Gasteiger partial charge in [-0.05, 0) is 0 Å². The molecule has 0 bridgehead atoms. The Balaban J connectivity index is 0.000000236. The quantitative estimate of drug-likeness (QED) is 0.455. The first-order chi connectivity index (χ1) is 4.81. The van der Waals surface area contributed by atoms with E-state index in [0.717, 1.165) is 0 Å². The van der Waals surface area contributed by atoms with E-state index in [1.807, 2.05) is 6.07 Å². The molecule has 0 spiro atoms. The van der Waals surface area contributed by atoms with Gasteiger partial charge in [0, 0.05) is 0 Å². The van der Waals surface area contributed by atoms with E-state index in [9.17, 15) is 0 Å². The van der Waals surface area contributed by atoms with E-state index < -0.39 is 8.69 Å². The maximum absolute atomic E-state index is 8.35. The van der Waals surface area contributed by atoms with Crippen LogP contribution < -0.4 is 9.05 Å². The fraction of sp³-hybridized carbons (Fsp3) is 0. The molecule has 0 unspecified atom stereocenters. The van der Waals surface area contributed by atoms with Gasteiger partial charge in [-0.15, -0.1) is 0 Å². The Morgan fingerprint density at radius 2 is 1.70 bits per heavy atom. The first-order valence-corrected chi connectivity index (χ1v) is 4.84. The molecular weight excluding hydrogens is 200 g/mol. The molecule has 0 heterocycles. The molecule has 10 heavy (non-hydrogen) atoms. The summed E-state index contributed by atoms with van der Waals surface area (Å²) < 4.78 is 9.79. The van der Waals surface area contributed by atoms with Gasteiger partial charge in [-0.2, -0.15) is 0 Å². The molecule has 48 valence electrons. The Hall–Kier alpha value is -0.0966. The first kappa shape index (κ1) is 9.90. The average Bonchev–Trinajstić information content (AvgIpc) is 1.91. The molecule has 2 nitrogen and oxygen atoms in total. The summed E-state index contributed by atoms with van der Waals surface area (Å²) in [6.45, 7) is 0. The van der Waals surface area contributed by atoms with Gasteiger partial charge in [0.05, 0.1) is 8.69 Å². The summed E-state index contributed by atoms with van der Waals surface area (Å²) in [5, 5.41) is 0. The molecule has 0 aliphatic rings. The van der Waals surface area contributed by atoms with E-state index in [-0.39, 0.29) is 0 Å². The fourth-order valence-corrected chi connectivity index (χ4v) is 1.05. The topological polar surface area (TPSA) is 40.1 Å². The molecule has 0 aliphatic carbocycles. The summed E-state index contributed by atoms with van der Waals surface area (Å²) in [6, 6.07) is 10.5. The summed E-state index contributed by atoms with van der Waals surface area (Å²) in [5.41, 5.74) is 0. The normalized spacial score (nSPS) is 8.30. The van der Waals surface area contributed by atoms with Gasteiger partial charge < -0.3 is 4.89 Å². The van der Waals surface area contributed by atoms with Gasteiger partial charge in [0.1, 0.15) is 0 Å². The van der Waals surface area contributed by atoms with Crippen molar-refractivity contribution >= 4 is 12.8 Å². The van der Waals surface area contributed by atoms with Crippen LogP contribution in [0.2, 0.25) is 0 Å². The number of rotatable bonds is 0. The minimum absolute atomic E-state index is 1.08. The Morgan fingerprint density at radius 1 is 1.30 bits per heavy atom. The molecule has 0 amide bonds. The molecule has 0 fully saturated rings. The zero-order valence-electron chi connectivity index (χ0n) is 5.36. The van der Waals surface area contributed by atoms with Crippen molar-refractivity contribution in [2.24, 2.45) is 0 Å². The molecule has 0 atom stereocenters. The van der Waals surface area contributed by atoms with Crippen molar-refractivity contribution in [1.82, 2.24) is 0 Å². The molecule has 1 rings (SSSR count). The van der Waals surface area contributed by atoms with Crippen molar-refractivity contribution in [2.75, 3.05) is 0 Å². The van der Waals surface area contributed by atoms with Gasteiger partial charge in [0.25, 0.3) is 0 Å². The van der Waals surface area contributed by atoms with Gasteiger partial charge in [0.15, 0.2) is 0 Å². The summed E-state index contributed by atoms with van der Waals surface area (Å²) in [6.07, 6.45) is 0.